The maximum atomic E-state index is 13.3. The molecule has 3 heterocycles. The van der Waals surface area contributed by atoms with Crippen LogP contribution in [0, 0.1) is 11.1 Å². The molecule has 0 unspecified atom stereocenters. The second kappa shape index (κ2) is 12.1. The van der Waals surface area contributed by atoms with Crippen LogP contribution in [0.5, 0.6) is 0 Å². The number of nitrogens with zero attached hydrogens (tertiary/aromatic N) is 2. The number of hydrogen-bond acceptors (Lipinski definition) is 7. The Morgan fingerprint density at radius 1 is 1.14 bits per heavy atom. The summed E-state index contributed by atoms with van der Waals surface area (Å²) >= 11 is 1.39. The Labute approximate surface area is 220 Å². The van der Waals surface area contributed by atoms with Gasteiger partial charge in [-0.05, 0) is 42.7 Å². The molecule has 2 amide bonds. The van der Waals surface area contributed by atoms with E-state index in [1.807, 2.05) is 0 Å². The van der Waals surface area contributed by atoms with Crippen molar-refractivity contribution in [2.75, 3.05) is 13.1 Å². The fourth-order valence-electron chi connectivity index (χ4n) is 4.99. The van der Waals surface area contributed by atoms with Gasteiger partial charge in [-0.25, -0.2) is 8.42 Å². The van der Waals surface area contributed by atoms with Crippen molar-refractivity contribution in [2.45, 2.75) is 68.5 Å². The summed E-state index contributed by atoms with van der Waals surface area (Å²) in [6.45, 7) is -0.396. The van der Waals surface area contributed by atoms with Gasteiger partial charge in [0.05, 0.1) is 18.2 Å². The second-order valence-electron chi connectivity index (χ2n) is 9.65. The number of pyridine rings is 1. The van der Waals surface area contributed by atoms with E-state index in [0.717, 1.165) is 36.2 Å². The first-order valence-corrected chi connectivity index (χ1v) is 15.0. The molecule has 12 heteroatoms. The van der Waals surface area contributed by atoms with Gasteiger partial charge in [-0.15, -0.1) is 0 Å². The van der Waals surface area contributed by atoms with Crippen LogP contribution >= 0.6 is 11.3 Å². The molecule has 0 aromatic carbocycles. The lowest BCUT2D eigenvalue weighted by Gasteiger charge is -2.27. The first-order chi connectivity index (χ1) is 17.8. The van der Waals surface area contributed by atoms with Crippen molar-refractivity contribution in [2.24, 2.45) is 5.92 Å². The third-order valence-electron chi connectivity index (χ3n) is 7.03. The number of carbonyl (C=O) groups excluding carboxylic acids is 3. The zero-order valence-electron chi connectivity index (χ0n) is 20.5. The van der Waals surface area contributed by atoms with E-state index in [1.54, 1.807) is 16.8 Å². The molecule has 2 aromatic heterocycles. The molecule has 2 fully saturated rings. The summed E-state index contributed by atoms with van der Waals surface area (Å²) in [5.41, 5.74) is 0.481. The van der Waals surface area contributed by atoms with Crippen LogP contribution in [0.1, 0.15) is 61.7 Å². The Kier molecular flexibility index (Phi) is 8.93. The molecule has 0 radical (unpaired) electrons. The Balaban J connectivity index is 1.44. The molecule has 1 aliphatic heterocycles. The predicted molar refractivity (Wildman–Crippen MR) is 137 cm³/mol. The molecular formula is C25H32N4O6S2. The largest absolute Gasteiger partial charge is 0.618 e. The number of rotatable bonds is 8. The van der Waals surface area contributed by atoms with E-state index in [-0.39, 0.29) is 23.6 Å². The molecule has 37 heavy (non-hydrogen) atoms. The number of nitrogens with one attached hydrogen (secondary N) is 2. The van der Waals surface area contributed by atoms with E-state index in [0.29, 0.717) is 24.3 Å². The summed E-state index contributed by atoms with van der Waals surface area (Å²) in [5, 5.41) is 20.7. The summed E-state index contributed by atoms with van der Waals surface area (Å²) in [5.74, 6) is -0.925. The highest BCUT2D eigenvalue weighted by Crippen LogP contribution is 2.28. The van der Waals surface area contributed by atoms with Gasteiger partial charge >= 0.3 is 15.0 Å². The highest BCUT2D eigenvalue weighted by molar-refractivity contribution is 7.89. The molecule has 4 rings (SSSR count). The number of ketones is 1. The first-order valence-electron chi connectivity index (χ1n) is 12.6. The van der Waals surface area contributed by atoms with Crippen molar-refractivity contribution in [3.8, 4) is 0 Å². The number of sulfonamides is 1. The van der Waals surface area contributed by atoms with Crippen LogP contribution in [0.2, 0.25) is 0 Å². The molecule has 1 saturated carbocycles. The van der Waals surface area contributed by atoms with Crippen LogP contribution in [-0.2, 0) is 19.6 Å². The second-order valence-corrected chi connectivity index (χ2v) is 12.3. The molecule has 1 saturated heterocycles. The molecule has 2 aliphatic rings. The van der Waals surface area contributed by atoms with Crippen molar-refractivity contribution in [3.05, 3.63) is 52.0 Å². The first kappa shape index (κ1) is 27.2. The minimum Gasteiger partial charge on any atom is -0.618 e. The van der Waals surface area contributed by atoms with Crippen LogP contribution in [0.4, 0.5) is 0 Å². The number of hydrogen-bond donors (Lipinski definition) is 2. The smallest absolute Gasteiger partial charge is 0.323 e. The van der Waals surface area contributed by atoms with Gasteiger partial charge in [-0.1, -0.05) is 32.1 Å². The third kappa shape index (κ3) is 6.74. The maximum Gasteiger partial charge on any atom is 0.323 e. The standard InChI is InChI=1S/C25H32N4O6S2/c30-22-16-28(37(34,35)23-10-4-5-13-29(23)33)12-6-9-20(22)26-25(32)21(15-18-7-2-1-3-8-18)27-24(31)19-11-14-36-17-19/h4-5,10-11,13-14,17-18,20-21H,1-3,6-9,12,15-16H2,(H,26,32)(H,27,31)/t20-,21+/m1/s1. The van der Waals surface area contributed by atoms with Crippen molar-refractivity contribution in [1.29, 1.82) is 0 Å². The van der Waals surface area contributed by atoms with Crippen molar-refractivity contribution in [3.63, 3.8) is 0 Å². The molecule has 2 N–H and O–H groups in total. The van der Waals surface area contributed by atoms with Crippen LogP contribution in [0.15, 0.2) is 46.2 Å². The van der Waals surface area contributed by atoms with E-state index in [1.165, 1.54) is 36.0 Å². The lowest BCUT2D eigenvalue weighted by atomic mass is 9.84. The number of Topliss-reactive ketones (excluding diaryl/α,β-unsaturated/α-hetero) is 1. The van der Waals surface area contributed by atoms with Gasteiger partial charge in [0.25, 0.3) is 5.91 Å². The van der Waals surface area contributed by atoms with Gasteiger partial charge in [0.15, 0.2) is 12.0 Å². The van der Waals surface area contributed by atoms with E-state index < -0.39 is 45.4 Å². The topological polar surface area (TPSA) is 140 Å². The molecule has 2 atom stereocenters. The number of aromatic nitrogens is 1. The Hall–Kier alpha value is -2.83. The van der Waals surface area contributed by atoms with Gasteiger partial charge < -0.3 is 15.8 Å². The Bertz CT molecular complexity index is 1210. The van der Waals surface area contributed by atoms with Crippen molar-refractivity contribution in [1.82, 2.24) is 14.9 Å². The summed E-state index contributed by atoms with van der Waals surface area (Å²) in [7, 11) is -4.18. The van der Waals surface area contributed by atoms with E-state index >= 15 is 0 Å². The van der Waals surface area contributed by atoms with Gasteiger partial charge in [0, 0.05) is 24.1 Å². The predicted octanol–water partition coefficient (Wildman–Crippen LogP) is 1.99. The van der Waals surface area contributed by atoms with E-state index in [9.17, 15) is 28.0 Å². The summed E-state index contributed by atoms with van der Waals surface area (Å²) in [6.07, 6.45) is 7.50. The number of carbonyl (C=O) groups is 3. The molecule has 1 aliphatic carbocycles. The minimum atomic E-state index is -4.18. The molecule has 10 nitrogen and oxygen atoms in total. The summed E-state index contributed by atoms with van der Waals surface area (Å²) in [4.78, 5) is 39.1. The van der Waals surface area contributed by atoms with Crippen LogP contribution < -0.4 is 15.4 Å². The van der Waals surface area contributed by atoms with Crippen LogP contribution in [-0.4, -0.2) is 55.5 Å². The van der Waals surface area contributed by atoms with Gasteiger partial charge in [-0.2, -0.15) is 20.4 Å². The molecule has 0 bridgehead atoms. The number of thiophene rings is 1. The van der Waals surface area contributed by atoms with Crippen molar-refractivity contribution >= 4 is 39.0 Å². The van der Waals surface area contributed by atoms with E-state index in [2.05, 4.69) is 10.6 Å². The third-order valence-corrected chi connectivity index (χ3v) is 9.55. The zero-order chi connectivity index (χ0) is 26.4. The van der Waals surface area contributed by atoms with Crippen LogP contribution in [0.3, 0.4) is 0 Å². The van der Waals surface area contributed by atoms with Crippen LogP contribution in [0.25, 0.3) is 0 Å². The Morgan fingerprint density at radius 2 is 1.92 bits per heavy atom. The zero-order valence-corrected chi connectivity index (χ0v) is 22.1. The highest BCUT2D eigenvalue weighted by Gasteiger charge is 2.37. The van der Waals surface area contributed by atoms with Gasteiger partial charge in [0.2, 0.25) is 5.91 Å². The Morgan fingerprint density at radius 3 is 2.62 bits per heavy atom. The quantitative estimate of drug-likeness (QED) is 0.382. The molecule has 0 spiro atoms. The fraction of sp³-hybridized carbons (Fsp3) is 0.520. The normalized spacial score (nSPS) is 20.6. The number of amides is 2. The molecular weight excluding hydrogens is 516 g/mol. The molecule has 2 aromatic rings. The average Bonchev–Trinajstić information content (AvgIpc) is 3.36. The minimum absolute atomic E-state index is 0.0513. The lowest BCUT2D eigenvalue weighted by molar-refractivity contribution is -0.646. The summed E-state index contributed by atoms with van der Waals surface area (Å²) in [6, 6.07) is 4.08. The maximum absolute atomic E-state index is 13.3. The van der Waals surface area contributed by atoms with Gasteiger partial charge in [-0.3, -0.25) is 14.4 Å². The van der Waals surface area contributed by atoms with Crippen molar-refractivity contribution < 1.29 is 27.5 Å². The molecule has 200 valence electrons. The fourth-order valence-corrected chi connectivity index (χ4v) is 7.10. The monoisotopic (exact) mass is 548 g/mol. The van der Waals surface area contributed by atoms with Gasteiger partial charge in [0.1, 0.15) is 6.04 Å². The highest BCUT2D eigenvalue weighted by atomic mass is 32.2. The summed E-state index contributed by atoms with van der Waals surface area (Å²) < 4.78 is 27.3. The van der Waals surface area contributed by atoms with E-state index in [4.69, 9.17) is 0 Å². The lowest BCUT2D eigenvalue weighted by Crippen LogP contribution is -2.53. The SMILES string of the molecule is O=C(N[C@@H](CC1CCCCC1)C(=O)N[C@@H]1CCCN(S(=O)(=O)c2cccc[n+]2[O-])CC1=O)c1ccsc1. The average molecular weight is 549 g/mol.